The molecule has 2 aromatic rings. The lowest BCUT2D eigenvalue weighted by Crippen LogP contribution is -2.44. The van der Waals surface area contributed by atoms with E-state index in [0.29, 0.717) is 19.8 Å². The van der Waals surface area contributed by atoms with Gasteiger partial charge in [0.15, 0.2) is 6.10 Å². The minimum absolute atomic E-state index is 0.0459. The molecule has 0 aliphatic carbocycles. The number of rotatable bonds is 5. The minimum atomic E-state index is -0.512. The second-order valence-corrected chi connectivity index (χ2v) is 6.60. The molecule has 0 saturated carbocycles. The Hall–Kier alpha value is -1.69. The van der Waals surface area contributed by atoms with Crippen molar-refractivity contribution in [2.45, 2.75) is 25.5 Å². The van der Waals surface area contributed by atoms with Gasteiger partial charge in [0.05, 0.1) is 25.9 Å². The number of hydrogen-bond acceptors (Lipinski definition) is 4. The van der Waals surface area contributed by atoms with Crippen molar-refractivity contribution in [2.75, 3.05) is 19.8 Å². The number of thiophene rings is 1. The topological polar surface area (TPSA) is 47.6 Å². The van der Waals surface area contributed by atoms with Crippen molar-refractivity contribution in [1.82, 2.24) is 5.32 Å². The van der Waals surface area contributed by atoms with E-state index >= 15 is 0 Å². The molecule has 1 aromatic carbocycles. The van der Waals surface area contributed by atoms with Crippen LogP contribution in [0.4, 0.5) is 0 Å². The third kappa shape index (κ3) is 4.19. The van der Waals surface area contributed by atoms with Gasteiger partial charge < -0.3 is 14.8 Å². The summed E-state index contributed by atoms with van der Waals surface area (Å²) in [4.78, 5) is 13.7. The van der Waals surface area contributed by atoms with E-state index in [-0.39, 0.29) is 11.9 Å². The number of hydrogen-bond donors (Lipinski definition) is 1. The average Bonchev–Trinajstić information content (AvgIpc) is 3.02. The highest BCUT2D eigenvalue weighted by molar-refractivity contribution is 7.10. The number of amides is 1. The summed E-state index contributed by atoms with van der Waals surface area (Å²) in [5, 5.41) is 5.21. The molecule has 3 rings (SSSR count). The maximum Gasteiger partial charge on any atom is 0.252 e. The number of carbonyl (C=O) groups is 1. The molecule has 1 aromatic heterocycles. The van der Waals surface area contributed by atoms with E-state index in [9.17, 15) is 4.79 Å². The Labute approximate surface area is 140 Å². The Balaban J connectivity index is 1.75. The minimum Gasteiger partial charge on any atom is -0.376 e. The predicted octanol–water partition coefficient (Wildman–Crippen LogP) is 2.87. The molecule has 2 heterocycles. The van der Waals surface area contributed by atoms with Gasteiger partial charge in [-0.1, -0.05) is 30.3 Å². The molecule has 4 nitrogen and oxygen atoms in total. The zero-order valence-electron chi connectivity index (χ0n) is 13.2. The largest absolute Gasteiger partial charge is 0.376 e. The van der Waals surface area contributed by atoms with E-state index in [0.717, 1.165) is 6.42 Å². The van der Waals surface area contributed by atoms with Gasteiger partial charge in [-0.2, -0.15) is 0 Å². The lowest BCUT2D eigenvalue weighted by Gasteiger charge is -2.25. The molecule has 23 heavy (non-hydrogen) atoms. The summed E-state index contributed by atoms with van der Waals surface area (Å²) in [6.07, 6.45) is 0.254. The third-order valence-electron chi connectivity index (χ3n) is 3.93. The number of carbonyl (C=O) groups excluding carboxylic acids is 1. The molecule has 2 atom stereocenters. The highest BCUT2D eigenvalue weighted by Gasteiger charge is 2.26. The van der Waals surface area contributed by atoms with E-state index < -0.39 is 6.10 Å². The third-order valence-corrected chi connectivity index (χ3v) is 5.06. The molecule has 5 heteroatoms. The first-order valence-corrected chi connectivity index (χ1v) is 8.69. The smallest absolute Gasteiger partial charge is 0.252 e. The van der Waals surface area contributed by atoms with Gasteiger partial charge in [0.2, 0.25) is 0 Å². The number of aryl methyl sites for hydroxylation is 1. The van der Waals surface area contributed by atoms with Crippen LogP contribution in [0.5, 0.6) is 0 Å². The molecule has 1 fully saturated rings. The molecule has 1 aliphatic rings. The number of ether oxygens (including phenoxy) is 2. The van der Waals surface area contributed by atoms with Crippen LogP contribution in [0.3, 0.4) is 0 Å². The fourth-order valence-corrected chi connectivity index (χ4v) is 3.68. The molecule has 0 spiro atoms. The van der Waals surface area contributed by atoms with Gasteiger partial charge in [0.25, 0.3) is 5.91 Å². The molecule has 1 saturated heterocycles. The maximum atomic E-state index is 12.5. The van der Waals surface area contributed by atoms with Gasteiger partial charge in [-0.05, 0) is 35.9 Å². The van der Waals surface area contributed by atoms with Crippen molar-refractivity contribution in [3.05, 3.63) is 57.8 Å². The summed E-state index contributed by atoms with van der Waals surface area (Å²) in [5.41, 5.74) is 2.41. The van der Waals surface area contributed by atoms with E-state index in [4.69, 9.17) is 9.47 Å². The van der Waals surface area contributed by atoms with Crippen molar-refractivity contribution in [1.29, 1.82) is 0 Å². The summed E-state index contributed by atoms with van der Waals surface area (Å²) in [6, 6.07) is 12.3. The van der Waals surface area contributed by atoms with Crippen LogP contribution in [0.1, 0.15) is 22.0 Å². The zero-order valence-corrected chi connectivity index (χ0v) is 14.0. The van der Waals surface area contributed by atoms with Crippen LogP contribution in [0, 0.1) is 6.92 Å². The van der Waals surface area contributed by atoms with E-state index in [1.54, 1.807) is 11.3 Å². The fourth-order valence-electron chi connectivity index (χ4n) is 2.70. The number of nitrogens with one attached hydrogen (secondary N) is 1. The lowest BCUT2D eigenvalue weighted by molar-refractivity contribution is -0.148. The van der Waals surface area contributed by atoms with Crippen molar-refractivity contribution < 1.29 is 14.3 Å². The lowest BCUT2D eigenvalue weighted by atomic mass is 10.0. The molecule has 1 amide bonds. The quantitative estimate of drug-likeness (QED) is 0.916. The SMILES string of the molecule is Cc1ccsc1[C@H](Cc1ccccc1)NC(=O)[C@@H]1COCCO1. The summed E-state index contributed by atoms with van der Waals surface area (Å²) in [7, 11) is 0. The van der Waals surface area contributed by atoms with Gasteiger partial charge >= 0.3 is 0 Å². The van der Waals surface area contributed by atoms with Crippen LogP contribution < -0.4 is 5.32 Å². The van der Waals surface area contributed by atoms with Crippen LogP contribution in [0.2, 0.25) is 0 Å². The maximum absolute atomic E-state index is 12.5. The molecule has 122 valence electrons. The van der Waals surface area contributed by atoms with E-state index in [1.807, 2.05) is 18.2 Å². The Morgan fingerprint density at radius 1 is 1.30 bits per heavy atom. The molecule has 1 N–H and O–H groups in total. The average molecular weight is 331 g/mol. The molecular formula is C18H21NO3S. The Morgan fingerprint density at radius 3 is 2.78 bits per heavy atom. The van der Waals surface area contributed by atoms with Gasteiger partial charge in [0, 0.05) is 4.88 Å². The van der Waals surface area contributed by atoms with Gasteiger partial charge in [-0.25, -0.2) is 0 Å². The Bertz CT molecular complexity index is 635. The predicted molar refractivity (Wildman–Crippen MR) is 90.6 cm³/mol. The number of benzene rings is 1. The molecule has 0 unspecified atom stereocenters. The summed E-state index contributed by atoms with van der Waals surface area (Å²) in [6.45, 7) is 3.43. The van der Waals surface area contributed by atoms with Gasteiger partial charge in [-0.3, -0.25) is 4.79 Å². The molecular weight excluding hydrogens is 310 g/mol. The normalized spacial score (nSPS) is 19.3. The molecule has 0 radical (unpaired) electrons. The van der Waals surface area contributed by atoms with Gasteiger partial charge in [0.1, 0.15) is 0 Å². The van der Waals surface area contributed by atoms with E-state index in [1.165, 1.54) is 16.0 Å². The second-order valence-electron chi connectivity index (χ2n) is 5.65. The Kier molecular flexibility index (Phi) is 5.43. The highest BCUT2D eigenvalue weighted by atomic mass is 32.1. The van der Waals surface area contributed by atoms with Crippen LogP contribution >= 0.6 is 11.3 Å². The zero-order chi connectivity index (χ0) is 16.1. The van der Waals surface area contributed by atoms with Crippen molar-refractivity contribution in [3.63, 3.8) is 0 Å². The van der Waals surface area contributed by atoms with Crippen LogP contribution in [-0.2, 0) is 20.7 Å². The summed E-state index contributed by atoms with van der Waals surface area (Å²) < 4.78 is 10.8. The standard InChI is InChI=1S/C18H21NO3S/c1-13-7-10-23-17(13)15(11-14-5-3-2-4-6-14)19-18(20)16-12-21-8-9-22-16/h2-7,10,15-16H,8-9,11-12H2,1H3,(H,19,20)/t15-,16-/m0/s1. The first-order chi connectivity index (χ1) is 11.2. The first-order valence-electron chi connectivity index (χ1n) is 7.81. The summed E-state index contributed by atoms with van der Waals surface area (Å²) >= 11 is 1.68. The van der Waals surface area contributed by atoms with Crippen LogP contribution in [-0.4, -0.2) is 31.8 Å². The van der Waals surface area contributed by atoms with Crippen molar-refractivity contribution >= 4 is 17.2 Å². The Morgan fingerprint density at radius 2 is 2.13 bits per heavy atom. The van der Waals surface area contributed by atoms with Crippen molar-refractivity contribution in [3.8, 4) is 0 Å². The van der Waals surface area contributed by atoms with Gasteiger partial charge in [-0.15, -0.1) is 11.3 Å². The molecule has 1 aliphatic heterocycles. The second kappa shape index (κ2) is 7.73. The first kappa shape index (κ1) is 16.2. The van der Waals surface area contributed by atoms with Crippen LogP contribution in [0.25, 0.3) is 0 Å². The van der Waals surface area contributed by atoms with Crippen LogP contribution in [0.15, 0.2) is 41.8 Å². The summed E-state index contributed by atoms with van der Waals surface area (Å²) in [5.74, 6) is -0.0987. The molecule has 0 bridgehead atoms. The fraction of sp³-hybridized carbons (Fsp3) is 0.389. The monoisotopic (exact) mass is 331 g/mol. The van der Waals surface area contributed by atoms with Crippen molar-refractivity contribution in [2.24, 2.45) is 0 Å². The highest BCUT2D eigenvalue weighted by Crippen LogP contribution is 2.27. The van der Waals surface area contributed by atoms with E-state index in [2.05, 4.69) is 35.8 Å².